The molecule has 1 aliphatic heterocycles. The minimum absolute atomic E-state index is 0.244. The maximum atomic E-state index is 12.2. The lowest BCUT2D eigenvalue weighted by Gasteiger charge is -2.19. The van der Waals surface area contributed by atoms with Gasteiger partial charge in [0.15, 0.2) is 0 Å². The molecule has 1 fully saturated rings. The quantitative estimate of drug-likeness (QED) is 0.200. The number of hydrogen-bond acceptors (Lipinski definition) is 12. The number of aromatic amines is 1. The van der Waals surface area contributed by atoms with Crippen LogP contribution in [0.4, 0.5) is 0 Å². The average molecular weight is 512 g/mol. The van der Waals surface area contributed by atoms with Crippen LogP contribution in [0.25, 0.3) is 0 Å². The standard InChI is InChI=1S/C11H19N2O15P3/c1-13-10(16)5(3-12-11(13)17)9-8(15)7(14)6(26-9)4-25-30(20,21)28-31(22,23)27-29(18,19)24-2/h3,6-9,14-15H,4H2,1-2H3,(H,12,17)(H,18,19)(H,20,21)(H,22,23)/t6-,7?,8?,9+/m1/s1. The minimum atomic E-state index is -5.62. The Balaban J connectivity index is 2.08. The summed E-state index contributed by atoms with van der Waals surface area (Å²) in [6.45, 7) is -1.01. The van der Waals surface area contributed by atoms with Crippen molar-refractivity contribution >= 4 is 23.5 Å². The van der Waals surface area contributed by atoms with Crippen LogP contribution in [0.2, 0.25) is 0 Å². The van der Waals surface area contributed by atoms with Crippen molar-refractivity contribution in [1.29, 1.82) is 0 Å². The first-order chi connectivity index (χ1) is 14.1. The molecule has 0 amide bonds. The number of hydrogen-bond donors (Lipinski definition) is 6. The second-order valence-electron chi connectivity index (χ2n) is 6.04. The summed E-state index contributed by atoms with van der Waals surface area (Å²) in [6, 6.07) is 0. The van der Waals surface area contributed by atoms with Gasteiger partial charge < -0.3 is 34.6 Å². The summed E-state index contributed by atoms with van der Waals surface area (Å²) in [4.78, 5) is 53.6. The van der Waals surface area contributed by atoms with Crippen LogP contribution in [0.5, 0.6) is 0 Å². The summed E-state index contributed by atoms with van der Waals surface area (Å²) in [5, 5.41) is 20.2. The first-order valence-electron chi connectivity index (χ1n) is 8.00. The van der Waals surface area contributed by atoms with Gasteiger partial charge in [-0.3, -0.25) is 18.4 Å². The van der Waals surface area contributed by atoms with E-state index in [2.05, 4.69) is 22.7 Å². The van der Waals surface area contributed by atoms with Crippen molar-refractivity contribution in [3.8, 4) is 0 Å². The fourth-order valence-corrected chi connectivity index (χ4v) is 5.70. The van der Waals surface area contributed by atoms with Crippen LogP contribution in [0, 0.1) is 0 Å². The van der Waals surface area contributed by atoms with E-state index < -0.39 is 65.7 Å². The molecular formula is C11H19N2O15P3. The summed E-state index contributed by atoms with van der Waals surface area (Å²) in [5.41, 5.74) is -1.84. The van der Waals surface area contributed by atoms with Gasteiger partial charge in [-0.05, 0) is 0 Å². The first-order valence-corrected chi connectivity index (χ1v) is 12.5. The topological polar surface area (TPSA) is 253 Å². The third-order valence-corrected chi connectivity index (χ3v) is 8.16. The van der Waals surface area contributed by atoms with Crippen LogP contribution in [0.1, 0.15) is 11.7 Å². The van der Waals surface area contributed by atoms with Crippen LogP contribution in [0.15, 0.2) is 15.8 Å². The van der Waals surface area contributed by atoms with Crippen molar-refractivity contribution in [3.05, 3.63) is 32.6 Å². The van der Waals surface area contributed by atoms with Crippen LogP contribution in [-0.2, 0) is 43.1 Å². The molecule has 1 aromatic rings. The predicted molar refractivity (Wildman–Crippen MR) is 96.5 cm³/mol. The lowest BCUT2D eigenvalue weighted by molar-refractivity contribution is -0.0228. The molecule has 17 nitrogen and oxygen atoms in total. The Bertz CT molecular complexity index is 1070. The Hall–Kier alpha value is -1.03. The molecular weight excluding hydrogens is 493 g/mol. The van der Waals surface area contributed by atoms with Gasteiger partial charge in [-0.25, -0.2) is 18.5 Å². The van der Waals surface area contributed by atoms with Crippen molar-refractivity contribution < 1.29 is 61.0 Å². The molecule has 5 unspecified atom stereocenters. The Labute approximate surface area is 172 Å². The maximum absolute atomic E-state index is 12.2. The predicted octanol–water partition coefficient (Wildman–Crippen LogP) is -1.77. The zero-order valence-electron chi connectivity index (χ0n) is 15.7. The Morgan fingerprint density at radius 2 is 1.65 bits per heavy atom. The number of H-pyrrole nitrogens is 1. The minimum Gasteiger partial charge on any atom is -0.387 e. The highest BCUT2D eigenvalue weighted by Gasteiger charge is 2.47. The van der Waals surface area contributed by atoms with E-state index >= 15 is 0 Å². The van der Waals surface area contributed by atoms with Gasteiger partial charge in [0.05, 0.1) is 12.2 Å². The number of ether oxygens (including phenoxy) is 1. The zero-order chi connectivity index (χ0) is 23.8. The Kier molecular flexibility index (Phi) is 7.99. The van der Waals surface area contributed by atoms with E-state index in [1.165, 1.54) is 0 Å². The van der Waals surface area contributed by atoms with Crippen molar-refractivity contribution in [1.82, 2.24) is 9.55 Å². The van der Waals surface area contributed by atoms with Gasteiger partial charge in [-0.15, -0.1) is 0 Å². The van der Waals surface area contributed by atoms with Crippen molar-refractivity contribution in [3.63, 3.8) is 0 Å². The highest BCUT2D eigenvalue weighted by Crippen LogP contribution is 2.67. The SMILES string of the molecule is COP(=O)(O)OP(=O)(O)OP(=O)(O)OC[C@H]1O[C@@H](c2c[nH]c(=O)n(C)c2=O)C(O)C1O. The molecule has 1 saturated heterocycles. The second-order valence-corrected chi connectivity index (χ2v) is 10.8. The molecule has 178 valence electrons. The highest BCUT2D eigenvalue weighted by molar-refractivity contribution is 7.66. The Morgan fingerprint density at radius 1 is 1.06 bits per heavy atom. The molecule has 6 N–H and O–H groups in total. The van der Waals surface area contributed by atoms with Crippen LogP contribution in [-0.4, -0.2) is 66.5 Å². The van der Waals surface area contributed by atoms with Gasteiger partial charge in [-0.1, -0.05) is 0 Å². The van der Waals surface area contributed by atoms with Crippen LogP contribution < -0.4 is 11.2 Å². The molecule has 2 rings (SSSR count). The van der Waals surface area contributed by atoms with Gasteiger partial charge in [-0.2, -0.15) is 8.62 Å². The second kappa shape index (κ2) is 9.45. The van der Waals surface area contributed by atoms with E-state index in [0.29, 0.717) is 11.7 Å². The third kappa shape index (κ3) is 6.49. The summed E-state index contributed by atoms with van der Waals surface area (Å²) in [7, 11) is -14.3. The molecule has 0 spiro atoms. The van der Waals surface area contributed by atoms with Crippen molar-refractivity contribution in [2.45, 2.75) is 24.4 Å². The number of phosphoric acid groups is 3. The van der Waals surface area contributed by atoms with E-state index in [0.717, 1.165) is 13.2 Å². The monoisotopic (exact) mass is 512 g/mol. The van der Waals surface area contributed by atoms with Crippen molar-refractivity contribution in [2.75, 3.05) is 13.7 Å². The average Bonchev–Trinajstić information content (AvgIpc) is 2.91. The maximum Gasteiger partial charge on any atom is 0.490 e. The van der Waals surface area contributed by atoms with E-state index in [-0.39, 0.29) is 5.56 Å². The summed E-state index contributed by atoms with van der Waals surface area (Å²) < 4.78 is 56.2. The van der Waals surface area contributed by atoms with E-state index in [4.69, 9.17) is 9.63 Å². The number of nitrogens with zero attached hydrogens (tertiary/aromatic N) is 1. The van der Waals surface area contributed by atoms with Gasteiger partial charge in [0.25, 0.3) is 5.56 Å². The fraction of sp³-hybridized carbons (Fsp3) is 0.636. The van der Waals surface area contributed by atoms with E-state index in [9.17, 15) is 43.3 Å². The molecule has 0 radical (unpaired) electrons. The van der Waals surface area contributed by atoms with Gasteiger partial charge in [0.1, 0.15) is 24.4 Å². The summed E-state index contributed by atoms with van der Waals surface area (Å²) in [5.74, 6) is 0. The van der Waals surface area contributed by atoms with Gasteiger partial charge in [0, 0.05) is 20.4 Å². The number of aliphatic hydroxyl groups is 2. The molecule has 0 aromatic carbocycles. The molecule has 0 aliphatic carbocycles. The van der Waals surface area contributed by atoms with Crippen LogP contribution in [0.3, 0.4) is 0 Å². The van der Waals surface area contributed by atoms with Gasteiger partial charge >= 0.3 is 29.2 Å². The molecule has 31 heavy (non-hydrogen) atoms. The molecule has 20 heteroatoms. The zero-order valence-corrected chi connectivity index (χ0v) is 18.4. The largest absolute Gasteiger partial charge is 0.490 e. The molecule has 2 heterocycles. The Morgan fingerprint density at radius 3 is 2.23 bits per heavy atom. The number of nitrogens with one attached hydrogen (secondary N) is 1. The van der Waals surface area contributed by atoms with Crippen LogP contribution >= 0.6 is 23.5 Å². The lowest BCUT2D eigenvalue weighted by atomic mass is 10.0. The summed E-state index contributed by atoms with van der Waals surface area (Å²) >= 11 is 0. The molecule has 0 bridgehead atoms. The number of aliphatic hydroxyl groups excluding tert-OH is 2. The first kappa shape index (κ1) is 26.2. The normalized spacial score (nSPS) is 29.8. The van der Waals surface area contributed by atoms with E-state index in [1.54, 1.807) is 0 Å². The molecule has 1 aromatic heterocycles. The molecule has 0 saturated carbocycles. The number of phosphoric ester groups is 2. The fourth-order valence-electron chi connectivity index (χ4n) is 2.43. The smallest absolute Gasteiger partial charge is 0.387 e. The van der Waals surface area contributed by atoms with E-state index in [1.807, 2.05) is 0 Å². The number of rotatable bonds is 9. The van der Waals surface area contributed by atoms with Gasteiger partial charge in [0.2, 0.25) is 0 Å². The number of aromatic nitrogens is 2. The molecule has 1 aliphatic rings. The van der Waals surface area contributed by atoms with Crippen molar-refractivity contribution in [2.24, 2.45) is 7.05 Å². The summed E-state index contributed by atoms with van der Waals surface area (Å²) in [6.07, 6.45) is -5.53. The highest BCUT2D eigenvalue weighted by atomic mass is 31.3. The third-order valence-electron chi connectivity index (χ3n) is 3.92. The lowest BCUT2D eigenvalue weighted by Crippen LogP contribution is -2.37. The molecule has 7 atom stereocenters.